The van der Waals surface area contributed by atoms with Gasteiger partial charge in [0.15, 0.2) is 0 Å². The topological polar surface area (TPSA) is 78.5 Å². The van der Waals surface area contributed by atoms with Gasteiger partial charge in [-0.25, -0.2) is 0 Å². The molecule has 0 spiro atoms. The third-order valence-corrected chi connectivity index (χ3v) is 3.98. The van der Waals surface area contributed by atoms with E-state index >= 15 is 0 Å². The van der Waals surface area contributed by atoms with Gasteiger partial charge in [0.25, 0.3) is 5.91 Å². The molecule has 106 valence electrons. The fourth-order valence-electron chi connectivity index (χ4n) is 2.64. The molecule has 0 aromatic carbocycles. The van der Waals surface area contributed by atoms with Gasteiger partial charge in [0.05, 0.1) is 6.54 Å². The van der Waals surface area contributed by atoms with Gasteiger partial charge >= 0.3 is 0 Å². The summed E-state index contributed by atoms with van der Waals surface area (Å²) in [6.07, 6.45) is 4.58. The predicted molar refractivity (Wildman–Crippen MR) is 69.2 cm³/mol. The van der Waals surface area contributed by atoms with Gasteiger partial charge < -0.3 is 10.2 Å². The number of imide groups is 1. The summed E-state index contributed by atoms with van der Waals surface area (Å²) in [7, 11) is 0. The zero-order valence-electron chi connectivity index (χ0n) is 11.5. The maximum atomic E-state index is 12.2. The lowest BCUT2D eigenvalue weighted by molar-refractivity contribution is -0.155. The van der Waals surface area contributed by atoms with Crippen LogP contribution in [0, 0.1) is 0 Å². The van der Waals surface area contributed by atoms with Gasteiger partial charge in [0, 0.05) is 6.04 Å². The van der Waals surface area contributed by atoms with E-state index in [9.17, 15) is 14.4 Å². The van der Waals surface area contributed by atoms with Crippen molar-refractivity contribution < 1.29 is 14.4 Å². The molecule has 2 fully saturated rings. The largest absolute Gasteiger partial charge is 0.318 e. The minimum atomic E-state index is -0.970. The molecule has 1 saturated carbocycles. The first kappa shape index (κ1) is 14.0. The first-order valence-corrected chi connectivity index (χ1v) is 6.79. The fraction of sp³-hybridized carbons (Fsp3) is 0.769. The summed E-state index contributed by atoms with van der Waals surface area (Å²) in [5.74, 6) is -1.03. The lowest BCUT2D eigenvalue weighted by atomic mass is 9.98. The maximum absolute atomic E-state index is 12.2. The number of amides is 3. The van der Waals surface area contributed by atoms with E-state index in [1.165, 1.54) is 17.7 Å². The number of rotatable bonds is 3. The number of hydrogen-bond donors (Lipinski definition) is 2. The van der Waals surface area contributed by atoms with Gasteiger partial charge in [-0.05, 0) is 26.7 Å². The molecule has 0 bridgehead atoms. The van der Waals surface area contributed by atoms with Gasteiger partial charge in [-0.15, -0.1) is 0 Å². The summed E-state index contributed by atoms with van der Waals surface area (Å²) in [5.41, 5.74) is -0.970. The van der Waals surface area contributed by atoms with Crippen LogP contribution in [-0.4, -0.2) is 47.3 Å². The second-order valence-corrected chi connectivity index (χ2v) is 5.78. The van der Waals surface area contributed by atoms with Crippen LogP contribution in [0.25, 0.3) is 0 Å². The SMILES string of the molecule is CC1(C)C(=O)NC(=O)CN1C(=O)CNC1CCCC1. The van der Waals surface area contributed by atoms with Crippen LogP contribution in [-0.2, 0) is 14.4 Å². The van der Waals surface area contributed by atoms with Crippen molar-refractivity contribution in [2.75, 3.05) is 13.1 Å². The van der Waals surface area contributed by atoms with Crippen LogP contribution in [0.15, 0.2) is 0 Å². The molecule has 0 radical (unpaired) electrons. The molecule has 1 saturated heterocycles. The van der Waals surface area contributed by atoms with Crippen molar-refractivity contribution in [2.45, 2.75) is 51.1 Å². The van der Waals surface area contributed by atoms with Crippen molar-refractivity contribution >= 4 is 17.7 Å². The Morgan fingerprint density at radius 2 is 2.00 bits per heavy atom. The minimum absolute atomic E-state index is 0.0517. The Balaban J connectivity index is 1.95. The van der Waals surface area contributed by atoms with Crippen molar-refractivity contribution in [2.24, 2.45) is 0 Å². The monoisotopic (exact) mass is 267 g/mol. The quantitative estimate of drug-likeness (QED) is 0.693. The second kappa shape index (κ2) is 5.28. The van der Waals surface area contributed by atoms with Gasteiger partial charge in [-0.1, -0.05) is 12.8 Å². The van der Waals surface area contributed by atoms with E-state index in [0.717, 1.165) is 12.8 Å². The molecule has 1 aliphatic heterocycles. The Bertz CT molecular complexity index is 400. The summed E-state index contributed by atoms with van der Waals surface area (Å²) in [6, 6.07) is 0.390. The fourth-order valence-corrected chi connectivity index (χ4v) is 2.64. The van der Waals surface area contributed by atoms with E-state index in [-0.39, 0.29) is 19.0 Å². The number of hydrogen-bond acceptors (Lipinski definition) is 4. The number of carbonyl (C=O) groups excluding carboxylic acids is 3. The normalized spacial score (nSPS) is 23.6. The minimum Gasteiger partial charge on any atom is -0.318 e. The van der Waals surface area contributed by atoms with Crippen molar-refractivity contribution in [3.63, 3.8) is 0 Å². The number of nitrogens with one attached hydrogen (secondary N) is 2. The Morgan fingerprint density at radius 3 is 2.63 bits per heavy atom. The summed E-state index contributed by atoms with van der Waals surface area (Å²) < 4.78 is 0. The van der Waals surface area contributed by atoms with E-state index in [1.807, 2.05) is 0 Å². The number of nitrogens with zero attached hydrogens (tertiary/aromatic N) is 1. The Kier molecular flexibility index (Phi) is 3.89. The van der Waals surface area contributed by atoms with Crippen LogP contribution in [0.3, 0.4) is 0 Å². The van der Waals surface area contributed by atoms with Crippen LogP contribution >= 0.6 is 0 Å². The summed E-state index contributed by atoms with van der Waals surface area (Å²) in [4.78, 5) is 36.7. The van der Waals surface area contributed by atoms with E-state index in [0.29, 0.717) is 6.04 Å². The molecule has 1 aliphatic carbocycles. The molecule has 3 amide bonds. The smallest absolute Gasteiger partial charge is 0.252 e. The average Bonchev–Trinajstić information content (AvgIpc) is 2.84. The van der Waals surface area contributed by atoms with E-state index in [4.69, 9.17) is 0 Å². The van der Waals surface area contributed by atoms with E-state index in [1.54, 1.807) is 13.8 Å². The first-order valence-electron chi connectivity index (χ1n) is 6.79. The summed E-state index contributed by atoms with van der Waals surface area (Å²) >= 11 is 0. The Labute approximate surface area is 112 Å². The zero-order valence-corrected chi connectivity index (χ0v) is 11.5. The van der Waals surface area contributed by atoms with Crippen LogP contribution < -0.4 is 10.6 Å². The highest BCUT2D eigenvalue weighted by molar-refractivity contribution is 6.06. The molecule has 2 rings (SSSR count). The first-order chi connectivity index (χ1) is 8.91. The molecular formula is C13H21N3O3. The van der Waals surface area contributed by atoms with Crippen LogP contribution in [0.5, 0.6) is 0 Å². The second-order valence-electron chi connectivity index (χ2n) is 5.78. The molecule has 2 N–H and O–H groups in total. The molecule has 0 aromatic heterocycles. The molecule has 6 nitrogen and oxygen atoms in total. The van der Waals surface area contributed by atoms with Crippen molar-refractivity contribution in [3.05, 3.63) is 0 Å². The standard InChI is InChI=1S/C13H21N3O3/c1-13(2)12(19)15-10(17)8-16(13)11(18)7-14-9-5-3-4-6-9/h9,14H,3-8H2,1-2H3,(H,15,17,19). The third-order valence-electron chi connectivity index (χ3n) is 3.98. The lowest BCUT2D eigenvalue weighted by Crippen LogP contribution is -2.66. The molecule has 1 heterocycles. The molecule has 2 aliphatic rings. The lowest BCUT2D eigenvalue weighted by Gasteiger charge is -2.40. The van der Waals surface area contributed by atoms with Crippen LogP contribution in [0.4, 0.5) is 0 Å². The molecule has 0 unspecified atom stereocenters. The van der Waals surface area contributed by atoms with Gasteiger partial charge in [0.1, 0.15) is 12.1 Å². The van der Waals surface area contributed by atoms with Gasteiger partial charge in [-0.3, -0.25) is 19.7 Å². The van der Waals surface area contributed by atoms with E-state index in [2.05, 4.69) is 10.6 Å². The predicted octanol–water partition coefficient (Wildman–Crippen LogP) is -0.218. The summed E-state index contributed by atoms with van der Waals surface area (Å²) in [5, 5.41) is 5.47. The molecule has 19 heavy (non-hydrogen) atoms. The molecule has 6 heteroatoms. The number of carbonyl (C=O) groups is 3. The summed E-state index contributed by atoms with van der Waals surface area (Å²) in [6.45, 7) is 3.45. The molecule has 0 aromatic rings. The van der Waals surface area contributed by atoms with E-state index < -0.39 is 17.4 Å². The van der Waals surface area contributed by atoms with Gasteiger partial charge in [-0.2, -0.15) is 0 Å². The van der Waals surface area contributed by atoms with Crippen LogP contribution in [0.2, 0.25) is 0 Å². The van der Waals surface area contributed by atoms with Crippen LogP contribution in [0.1, 0.15) is 39.5 Å². The highest BCUT2D eigenvalue weighted by Crippen LogP contribution is 2.19. The van der Waals surface area contributed by atoms with Crippen molar-refractivity contribution in [1.29, 1.82) is 0 Å². The Hall–Kier alpha value is -1.43. The molecule has 0 atom stereocenters. The maximum Gasteiger partial charge on any atom is 0.252 e. The number of piperazine rings is 1. The van der Waals surface area contributed by atoms with Gasteiger partial charge in [0.2, 0.25) is 11.8 Å². The molecular weight excluding hydrogens is 246 g/mol. The van der Waals surface area contributed by atoms with Crippen molar-refractivity contribution in [1.82, 2.24) is 15.5 Å². The Morgan fingerprint density at radius 1 is 1.37 bits per heavy atom. The highest BCUT2D eigenvalue weighted by Gasteiger charge is 2.43. The zero-order chi connectivity index (χ0) is 14.0. The van der Waals surface area contributed by atoms with Crippen molar-refractivity contribution in [3.8, 4) is 0 Å². The third kappa shape index (κ3) is 2.94. The average molecular weight is 267 g/mol. The highest BCUT2D eigenvalue weighted by atomic mass is 16.2.